The van der Waals surface area contributed by atoms with Gasteiger partial charge in [0.25, 0.3) is 0 Å². The number of nitrogens with one attached hydrogen (secondary N) is 1. The van der Waals surface area contributed by atoms with Crippen molar-refractivity contribution >= 4 is 45.7 Å². The van der Waals surface area contributed by atoms with Gasteiger partial charge >= 0.3 is 0 Å². The molecule has 1 fully saturated rings. The van der Waals surface area contributed by atoms with E-state index in [1.165, 1.54) is 47.8 Å². The molecule has 2 nitrogen and oxygen atoms in total. The molecule has 1 heterocycles. The third-order valence-corrected chi connectivity index (χ3v) is 5.19. The average Bonchev–Trinajstić information content (AvgIpc) is 2.91. The molecule has 4 heteroatoms. The zero-order valence-electron chi connectivity index (χ0n) is 12.0. The number of hydrogen-bond donors (Lipinski definition) is 2. The Labute approximate surface area is 136 Å². The molecular weight excluding hydrogens is 300 g/mol. The lowest BCUT2D eigenvalue weighted by Gasteiger charge is -2.17. The summed E-state index contributed by atoms with van der Waals surface area (Å²) in [6.07, 6.45) is 11.4. The number of halogens is 1. The molecule has 112 valence electrons. The second-order valence-electron chi connectivity index (χ2n) is 5.54. The number of amidine groups is 1. The van der Waals surface area contributed by atoms with Gasteiger partial charge in [0, 0.05) is 10.1 Å². The molecule has 0 radical (unpaired) electrons. The largest absolute Gasteiger partial charge is 0.383 e. The first-order valence-electron chi connectivity index (χ1n) is 7.29. The van der Waals surface area contributed by atoms with E-state index < -0.39 is 0 Å². The van der Waals surface area contributed by atoms with E-state index in [9.17, 15) is 0 Å². The van der Waals surface area contributed by atoms with E-state index in [0.717, 1.165) is 10.8 Å². The van der Waals surface area contributed by atoms with Crippen LogP contribution in [-0.2, 0) is 0 Å². The zero-order chi connectivity index (χ0) is 13.9. The van der Waals surface area contributed by atoms with Crippen molar-refractivity contribution in [1.29, 1.82) is 5.41 Å². The van der Waals surface area contributed by atoms with Crippen molar-refractivity contribution in [1.82, 2.24) is 0 Å². The van der Waals surface area contributed by atoms with E-state index in [4.69, 9.17) is 11.1 Å². The average molecular weight is 321 g/mol. The van der Waals surface area contributed by atoms with Gasteiger partial charge in [-0.2, -0.15) is 0 Å². The molecule has 1 aromatic heterocycles. The van der Waals surface area contributed by atoms with Gasteiger partial charge in [0.15, 0.2) is 0 Å². The molecule has 0 saturated heterocycles. The van der Waals surface area contributed by atoms with Crippen LogP contribution in [0.3, 0.4) is 0 Å². The first-order valence-corrected chi connectivity index (χ1v) is 8.11. The fraction of sp³-hybridized carbons (Fsp3) is 0.353. The second kappa shape index (κ2) is 7.10. The van der Waals surface area contributed by atoms with Crippen molar-refractivity contribution in [3.05, 3.63) is 40.8 Å². The van der Waals surface area contributed by atoms with Gasteiger partial charge < -0.3 is 5.73 Å². The van der Waals surface area contributed by atoms with Crippen molar-refractivity contribution < 1.29 is 0 Å². The highest BCUT2D eigenvalue weighted by atomic mass is 35.5. The Morgan fingerprint density at radius 1 is 1.24 bits per heavy atom. The summed E-state index contributed by atoms with van der Waals surface area (Å²) in [6, 6.07) is 8.38. The van der Waals surface area contributed by atoms with Gasteiger partial charge in [-0.15, -0.1) is 23.7 Å². The van der Waals surface area contributed by atoms with Gasteiger partial charge in [0.2, 0.25) is 0 Å². The summed E-state index contributed by atoms with van der Waals surface area (Å²) in [7, 11) is 0. The third kappa shape index (κ3) is 3.66. The fourth-order valence-electron chi connectivity index (χ4n) is 2.93. The fourth-order valence-corrected chi connectivity index (χ4v) is 3.88. The molecule has 1 aromatic carbocycles. The minimum Gasteiger partial charge on any atom is -0.383 e. The number of allylic oxidation sites excluding steroid dienone is 1. The van der Waals surface area contributed by atoms with Crippen LogP contribution in [0.15, 0.2) is 30.3 Å². The van der Waals surface area contributed by atoms with Gasteiger partial charge in [-0.05, 0) is 36.5 Å². The van der Waals surface area contributed by atoms with E-state index in [1.807, 2.05) is 6.07 Å². The van der Waals surface area contributed by atoms with Gasteiger partial charge in [0.1, 0.15) is 5.84 Å². The van der Waals surface area contributed by atoms with Crippen molar-refractivity contribution in [3.63, 3.8) is 0 Å². The van der Waals surface area contributed by atoms with E-state index >= 15 is 0 Å². The molecule has 1 aliphatic carbocycles. The lowest BCUT2D eigenvalue weighted by Crippen LogP contribution is -2.08. The van der Waals surface area contributed by atoms with Crippen LogP contribution in [0.1, 0.15) is 42.5 Å². The molecule has 0 unspecified atom stereocenters. The van der Waals surface area contributed by atoms with Gasteiger partial charge in [-0.1, -0.05) is 43.5 Å². The number of nitrogen functional groups attached to an aromatic ring is 1. The summed E-state index contributed by atoms with van der Waals surface area (Å²) in [5, 5.41) is 8.79. The maximum Gasteiger partial charge on any atom is 0.133 e. The molecule has 1 saturated carbocycles. The number of fused-ring (bicyclic) bond motifs is 1. The molecular formula is C17H21ClN2S. The SMILES string of the molecule is Cl.N=C(N)c1cc2c(/C=C/C3CCCCC3)cccc2s1. The predicted molar refractivity (Wildman–Crippen MR) is 95.7 cm³/mol. The minimum absolute atomic E-state index is 0. The predicted octanol–water partition coefficient (Wildman–Crippen LogP) is 5.20. The summed E-state index contributed by atoms with van der Waals surface area (Å²) >= 11 is 1.60. The number of nitrogens with two attached hydrogens (primary N) is 1. The van der Waals surface area contributed by atoms with Gasteiger partial charge in [-0.25, -0.2) is 0 Å². The Kier molecular flexibility index (Phi) is 5.43. The number of thiophene rings is 1. The van der Waals surface area contributed by atoms with Crippen LogP contribution in [0.5, 0.6) is 0 Å². The summed E-state index contributed by atoms with van der Waals surface area (Å²) in [6.45, 7) is 0. The molecule has 21 heavy (non-hydrogen) atoms. The molecule has 0 atom stereocenters. The molecule has 3 N–H and O–H groups in total. The molecule has 0 bridgehead atoms. The van der Waals surface area contributed by atoms with Crippen molar-refractivity contribution in [2.45, 2.75) is 32.1 Å². The summed E-state index contributed by atoms with van der Waals surface area (Å²) < 4.78 is 1.21. The summed E-state index contributed by atoms with van der Waals surface area (Å²) in [5.74, 6) is 0.901. The summed E-state index contributed by atoms with van der Waals surface area (Å²) in [5.41, 5.74) is 6.84. The van der Waals surface area contributed by atoms with Gasteiger partial charge in [-0.3, -0.25) is 5.41 Å². The minimum atomic E-state index is 0. The third-order valence-electron chi connectivity index (χ3n) is 4.06. The molecule has 3 rings (SSSR count). The van der Waals surface area contributed by atoms with Crippen molar-refractivity contribution in [3.8, 4) is 0 Å². The number of hydrogen-bond acceptors (Lipinski definition) is 2. The Bertz CT molecular complexity index is 654. The Balaban J connectivity index is 0.00000161. The molecule has 2 aromatic rings. The van der Waals surface area contributed by atoms with E-state index in [0.29, 0.717) is 0 Å². The normalized spacial score (nSPS) is 16.2. The zero-order valence-corrected chi connectivity index (χ0v) is 13.6. The standard InChI is InChI=1S/C17H20N2S.ClH/c18-17(19)16-11-14-13(7-4-8-15(14)20-16)10-9-12-5-2-1-3-6-12;/h4,7-12H,1-3,5-6H2,(H3,18,19);1H/b10-9+;. The molecule has 1 aliphatic rings. The Morgan fingerprint density at radius 3 is 2.71 bits per heavy atom. The first-order chi connectivity index (χ1) is 9.74. The van der Waals surface area contributed by atoms with Crippen LogP contribution in [0, 0.1) is 11.3 Å². The van der Waals surface area contributed by atoms with Gasteiger partial charge in [0.05, 0.1) is 4.88 Å². The topological polar surface area (TPSA) is 49.9 Å². The smallest absolute Gasteiger partial charge is 0.133 e. The highest BCUT2D eigenvalue weighted by Crippen LogP contribution is 2.30. The molecule has 0 spiro atoms. The lowest BCUT2D eigenvalue weighted by atomic mass is 9.88. The molecule has 0 aliphatic heterocycles. The highest BCUT2D eigenvalue weighted by Gasteiger charge is 2.10. The summed E-state index contributed by atoms with van der Waals surface area (Å²) in [4.78, 5) is 0.860. The van der Waals surface area contributed by atoms with E-state index in [1.54, 1.807) is 11.3 Å². The Hall–Kier alpha value is -1.32. The lowest BCUT2D eigenvalue weighted by molar-refractivity contribution is 0.420. The van der Waals surface area contributed by atoms with E-state index in [-0.39, 0.29) is 18.2 Å². The van der Waals surface area contributed by atoms with E-state index in [2.05, 4.69) is 30.4 Å². The maximum atomic E-state index is 7.57. The van der Waals surface area contributed by atoms with Crippen LogP contribution in [0.25, 0.3) is 16.2 Å². The highest BCUT2D eigenvalue weighted by molar-refractivity contribution is 7.20. The van der Waals surface area contributed by atoms with Crippen LogP contribution in [0.2, 0.25) is 0 Å². The first kappa shape index (κ1) is 16.1. The van der Waals surface area contributed by atoms with Crippen LogP contribution >= 0.6 is 23.7 Å². The number of rotatable bonds is 3. The number of benzene rings is 1. The Morgan fingerprint density at radius 2 is 2.00 bits per heavy atom. The van der Waals surface area contributed by atoms with Crippen LogP contribution in [-0.4, -0.2) is 5.84 Å². The van der Waals surface area contributed by atoms with Crippen molar-refractivity contribution in [2.24, 2.45) is 11.7 Å². The van der Waals surface area contributed by atoms with Crippen LogP contribution < -0.4 is 5.73 Å². The van der Waals surface area contributed by atoms with Crippen molar-refractivity contribution in [2.75, 3.05) is 0 Å². The second-order valence-corrected chi connectivity index (χ2v) is 6.62. The monoisotopic (exact) mass is 320 g/mol. The quantitative estimate of drug-likeness (QED) is 0.592. The molecule has 0 amide bonds. The maximum absolute atomic E-state index is 7.57. The van der Waals surface area contributed by atoms with Crippen LogP contribution in [0.4, 0.5) is 0 Å².